The van der Waals surface area contributed by atoms with E-state index in [0.29, 0.717) is 0 Å². The first kappa shape index (κ1) is 25.1. The van der Waals surface area contributed by atoms with Gasteiger partial charge in [0.05, 0.1) is 0 Å². The molecular formula is C13H25NOVWY-2. The monoisotopic (exact) mass is 535 g/mol. The predicted molar refractivity (Wildman–Crippen MR) is 66.0 cm³/mol. The van der Waals surface area contributed by atoms with Crippen molar-refractivity contribution in [3.63, 3.8) is 0 Å². The minimum absolute atomic E-state index is 0. The van der Waals surface area contributed by atoms with E-state index >= 15 is 0 Å². The van der Waals surface area contributed by atoms with E-state index in [1.807, 2.05) is 0 Å². The van der Waals surface area contributed by atoms with Gasteiger partial charge in [-0.3, -0.25) is 0 Å². The zero-order valence-corrected chi connectivity index (χ0v) is 19.0. The van der Waals surface area contributed by atoms with Gasteiger partial charge in [-0.05, 0) is 0 Å². The number of hydrogen-bond acceptors (Lipinski definition) is 2. The molecular weight excluding hydrogens is 510 g/mol. The minimum Gasteiger partial charge on any atom is 0 e. The summed E-state index contributed by atoms with van der Waals surface area (Å²) in [7, 11) is 0. The Labute approximate surface area is 162 Å². The molecule has 1 fully saturated rings. The molecule has 1 atom stereocenters. The second-order valence-electron chi connectivity index (χ2n) is 4.27. The second kappa shape index (κ2) is 19.2. The molecule has 0 aromatic carbocycles. The molecule has 1 radical (unpaired) electrons. The van der Waals surface area contributed by atoms with Crippen LogP contribution in [-0.4, -0.2) is 24.6 Å². The number of ether oxygens (including phenoxy) is 1. The summed E-state index contributed by atoms with van der Waals surface area (Å²) in [5.74, 6) is 1.61. The Balaban J connectivity index is -0.000000250. The molecule has 5 heteroatoms. The second-order valence-corrected chi connectivity index (χ2v) is 4.62. The molecule has 1 unspecified atom stereocenters. The molecule has 1 aliphatic heterocycles. The Morgan fingerprint density at radius 3 is 2.33 bits per heavy atom. The molecule has 0 amide bonds. The SMILES string of the molecule is C[CH-]C(C)CC.[V]=[C-]NCC1CCOCC1.[W].[Y]. The summed E-state index contributed by atoms with van der Waals surface area (Å²) >= 11 is 2.30. The van der Waals surface area contributed by atoms with E-state index in [1.165, 1.54) is 19.3 Å². The smallest absolute Gasteiger partial charge is 0 e. The zero-order valence-electron chi connectivity index (χ0n) is 11.8. The van der Waals surface area contributed by atoms with Crippen LogP contribution in [0.1, 0.15) is 40.0 Å². The number of hydrogen-bond donors (Lipinski definition) is 1. The van der Waals surface area contributed by atoms with E-state index < -0.39 is 0 Å². The molecule has 2 nitrogen and oxygen atoms in total. The summed E-state index contributed by atoms with van der Waals surface area (Å²) < 4.78 is 5.23. The van der Waals surface area contributed by atoms with Crippen LogP contribution in [0.5, 0.6) is 0 Å². The molecule has 0 saturated carbocycles. The maximum Gasteiger partial charge on any atom is 0 e. The number of rotatable bonds is 5. The Morgan fingerprint density at radius 2 is 2.00 bits per heavy atom. The summed E-state index contributed by atoms with van der Waals surface area (Å²) in [6.07, 6.45) is 5.89. The van der Waals surface area contributed by atoms with Crippen molar-refractivity contribution < 1.29 is 75.5 Å². The van der Waals surface area contributed by atoms with Gasteiger partial charge in [0.1, 0.15) is 0 Å². The molecule has 1 saturated heterocycles. The summed E-state index contributed by atoms with van der Waals surface area (Å²) in [5.41, 5.74) is 0. The summed E-state index contributed by atoms with van der Waals surface area (Å²) in [6, 6.07) is 0. The van der Waals surface area contributed by atoms with Crippen LogP contribution in [0.3, 0.4) is 0 Å². The molecule has 0 aromatic heterocycles. The molecule has 0 bridgehead atoms. The fourth-order valence-electron chi connectivity index (χ4n) is 1.38. The van der Waals surface area contributed by atoms with Crippen LogP contribution >= 0.6 is 0 Å². The van der Waals surface area contributed by atoms with Gasteiger partial charge in [0.25, 0.3) is 0 Å². The van der Waals surface area contributed by atoms with Crippen LogP contribution in [-0.2, 0) is 75.5 Å². The van der Waals surface area contributed by atoms with Crippen LogP contribution < -0.4 is 5.32 Å². The van der Waals surface area contributed by atoms with Gasteiger partial charge in [-0.25, -0.2) is 0 Å². The maximum absolute atomic E-state index is 5.23. The molecule has 104 valence electrons. The van der Waals surface area contributed by atoms with Crippen LogP contribution in [0.15, 0.2) is 0 Å². The van der Waals surface area contributed by atoms with Crippen molar-refractivity contribution in [1.29, 1.82) is 0 Å². The van der Waals surface area contributed by atoms with Gasteiger partial charge in [0.2, 0.25) is 0 Å². The first-order chi connectivity index (χ1) is 7.74. The first-order valence-electron chi connectivity index (χ1n) is 6.23. The van der Waals surface area contributed by atoms with Gasteiger partial charge in [0, 0.05) is 53.8 Å². The van der Waals surface area contributed by atoms with Crippen LogP contribution in [0.25, 0.3) is 0 Å². The minimum atomic E-state index is 0. The predicted octanol–water partition coefficient (Wildman–Crippen LogP) is 2.44. The van der Waals surface area contributed by atoms with Gasteiger partial charge < -0.3 is 6.42 Å². The largest absolute Gasteiger partial charge is 0 e. The third-order valence-corrected chi connectivity index (χ3v) is 3.27. The number of nitrogens with one attached hydrogen (secondary N) is 1. The average Bonchev–Trinajstić information content (AvgIpc) is 2.37. The normalized spacial score (nSPS) is 16.3. The van der Waals surface area contributed by atoms with E-state index in [9.17, 15) is 0 Å². The molecule has 1 heterocycles. The van der Waals surface area contributed by atoms with Crippen molar-refractivity contribution in [1.82, 2.24) is 5.32 Å². The van der Waals surface area contributed by atoms with Crippen LogP contribution in [0.2, 0.25) is 0 Å². The summed E-state index contributed by atoms with van der Waals surface area (Å²) in [6.45, 7) is 9.45. The van der Waals surface area contributed by atoms with E-state index in [1.54, 1.807) is 0 Å². The molecule has 1 rings (SSSR count). The fraction of sp³-hybridized carbons (Fsp3) is 0.846. The van der Waals surface area contributed by atoms with E-state index in [0.717, 1.165) is 31.6 Å². The van der Waals surface area contributed by atoms with Crippen molar-refractivity contribution in [2.24, 2.45) is 11.8 Å². The molecule has 1 aliphatic rings. The van der Waals surface area contributed by atoms with Crippen molar-refractivity contribution in [3.8, 4) is 0 Å². The zero-order chi connectivity index (χ0) is 12.2. The summed E-state index contributed by atoms with van der Waals surface area (Å²) in [4.78, 5) is 2.86. The van der Waals surface area contributed by atoms with Crippen molar-refractivity contribution in [2.45, 2.75) is 40.0 Å². The van der Waals surface area contributed by atoms with Gasteiger partial charge in [0.15, 0.2) is 0 Å². The van der Waals surface area contributed by atoms with Gasteiger partial charge >= 0.3 is 70.4 Å². The van der Waals surface area contributed by atoms with Crippen molar-refractivity contribution >= 4 is 4.85 Å². The standard InChI is InChI=1S/C7H12NO.C6H13.V.W.Y/c1-8-6-7-2-4-9-5-3-7;1-4-6(3)5-2;;;/h7-8H,2-6H2;4,6H,5H2,1-3H3;;;/q2*-1;;;. The van der Waals surface area contributed by atoms with E-state index in [-0.39, 0.29) is 53.8 Å². The van der Waals surface area contributed by atoms with Crippen molar-refractivity contribution in [2.75, 3.05) is 19.8 Å². The van der Waals surface area contributed by atoms with Gasteiger partial charge in [-0.1, -0.05) is 20.3 Å². The van der Waals surface area contributed by atoms with E-state index in [4.69, 9.17) is 4.74 Å². The third-order valence-electron chi connectivity index (χ3n) is 3.02. The maximum atomic E-state index is 5.23. The average molecular weight is 535 g/mol. The molecule has 1 N–H and O–H groups in total. The Kier molecular flexibility index (Phi) is 26.8. The third kappa shape index (κ3) is 16.2. The molecule has 0 aliphatic carbocycles. The van der Waals surface area contributed by atoms with E-state index in [2.05, 4.69) is 54.3 Å². The Bertz CT molecular complexity index is 165. The Hall–Kier alpha value is 2.17. The Morgan fingerprint density at radius 1 is 1.44 bits per heavy atom. The molecule has 0 spiro atoms. The van der Waals surface area contributed by atoms with Gasteiger partial charge in [-0.15, -0.1) is 0 Å². The molecule has 18 heavy (non-hydrogen) atoms. The van der Waals surface area contributed by atoms with Gasteiger partial charge in [-0.2, -0.15) is 12.8 Å². The van der Waals surface area contributed by atoms with Crippen molar-refractivity contribution in [3.05, 3.63) is 6.42 Å². The van der Waals surface area contributed by atoms with Crippen LogP contribution in [0.4, 0.5) is 0 Å². The van der Waals surface area contributed by atoms with Crippen LogP contribution in [0, 0.1) is 18.3 Å². The summed E-state index contributed by atoms with van der Waals surface area (Å²) in [5, 5.41) is 3.08. The fourth-order valence-corrected chi connectivity index (χ4v) is 1.52. The quantitative estimate of drug-likeness (QED) is 0.432. The molecule has 0 aromatic rings. The first-order valence-corrected chi connectivity index (χ1v) is 6.93. The topological polar surface area (TPSA) is 21.3 Å².